The van der Waals surface area contributed by atoms with E-state index in [2.05, 4.69) is 37.4 Å². The zero-order valence-electron chi connectivity index (χ0n) is 13.7. The number of anilines is 1. The SMILES string of the molecule is NC(=S)N/N=C/c1ccc(-c2ccc(S(=O)(=O)Nc3ncccn3)cc2)o1. The Kier molecular flexibility index (Phi) is 5.43. The fourth-order valence-electron chi connectivity index (χ4n) is 2.07. The summed E-state index contributed by atoms with van der Waals surface area (Å²) in [5.41, 5.74) is 8.39. The molecule has 27 heavy (non-hydrogen) atoms. The minimum atomic E-state index is -3.79. The molecule has 1 aromatic carbocycles. The highest BCUT2D eigenvalue weighted by Crippen LogP contribution is 2.23. The van der Waals surface area contributed by atoms with E-state index in [9.17, 15) is 8.42 Å². The van der Waals surface area contributed by atoms with Gasteiger partial charge in [0.05, 0.1) is 11.1 Å². The lowest BCUT2D eigenvalue weighted by Crippen LogP contribution is -2.23. The molecule has 0 aliphatic heterocycles. The predicted molar refractivity (Wildman–Crippen MR) is 104 cm³/mol. The number of aromatic nitrogens is 2. The Morgan fingerprint density at radius 3 is 2.52 bits per heavy atom. The Bertz CT molecular complexity index is 1060. The second kappa shape index (κ2) is 7.93. The number of benzene rings is 1. The van der Waals surface area contributed by atoms with Crippen molar-refractivity contribution in [1.29, 1.82) is 0 Å². The van der Waals surface area contributed by atoms with Crippen molar-refractivity contribution in [3.63, 3.8) is 0 Å². The summed E-state index contributed by atoms with van der Waals surface area (Å²) in [5, 5.41) is 3.85. The molecule has 0 unspecified atom stereocenters. The first kappa shape index (κ1) is 18.5. The largest absolute Gasteiger partial charge is 0.455 e. The highest BCUT2D eigenvalue weighted by molar-refractivity contribution is 7.92. The number of hydrazone groups is 1. The number of nitrogens with one attached hydrogen (secondary N) is 2. The number of nitrogens with two attached hydrogens (primary N) is 1. The van der Waals surface area contributed by atoms with Crippen LogP contribution < -0.4 is 15.9 Å². The minimum absolute atomic E-state index is 0.00195. The Hall–Kier alpha value is -3.31. The topological polar surface area (TPSA) is 136 Å². The number of hydrogen-bond acceptors (Lipinski definition) is 7. The lowest BCUT2D eigenvalue weighted by Gasteiger charge is -2.06. The third kappa shape index (κ3) is 4.86. The van der Waals surface area contributed by atoms with E-state index >= 15 is 0 Å². The fraction of sp³-hybridized carbons (Fsp3) is 0. The average molecular weight is 402 g/mol. The number of hydrogen-bond donors (Lipinski definition) is 3. The van der Waals surface area contributed by atoms with Crippen molar-refractivity contribution < 1.29 is 12.8 Å². The average Bonchev–Trinajstić information content (AvgIpc) is 3.11. The predicted octanol–water partition coefficient (Wildman–Crippen LogP) is 1.70. The van der Waals surface area contributed by atoms with E-state index in [0.717, 1.165) is 0 Å². The molecule has 3 aromatic rings. The molecule has 0 saturated heterocycles. The van der Waals surface area contributed by atoms with Crippen LogP contribution in [0.4, 0.5) is 5.95 Å². The van der Waals surface area contributed by atoms with E-state index in [-0.39, 0.29) is 16.0 Å². The molecule has 0 aliphatic rings. The van der Waals surface area contributed by atoms with Gasteiger partial charge in [-0.25, -0.2) is 23.1 Å². The van der Waals surface area contributed by atoms with Gasteiger partial charge in [0.15, 0.2) is 5.11 Å². The quantitative estimate of drug-likeness (QED) is 0.322. The van der Waals surface area contributed by atoms with Gasteiger partial charge in [-0.2, -0.15) is 5.10 Å². The van der Waals surface area contributed by atoms with Crippen LogP contribution in [0.5, 0.6) is 0 Å². The fourth-order valence-corrected chi connectivity index (χ4v) is 3.08. The van der Waals surface area contributed by atoms with E-state index in [1.807, 2.05) is 0 Å². The van der Waals surface area contributed by atoms with E-state index in [1.54, 1.807) is 30.3 Å². The smallest absolute Gasteiger partial charge is 0.264 e. The van der Waals surface area contributed by atoms with E-state index < -0.39 is 10.0 Å². The molecule has 2 aromatic heterocycles. The maximum absolute atomic E-state index is 12.4. The molecule has 2 heterocycles. The monoisotopic (exact) mass is 402 g/mol. The molecule has 0 aliphatic carbocycles. The van der Waals surface area contributed by atoms with Gasteiger partial charge in [0.1, 0.15) is 11.5 Å². The van der Waals surface area contributed by atoms with Crippen LogP contribution in [0.15, 0.2) is 69.3 Å². The molecule has 0 saturated carbocycles. The Morgan fingerprint density at radius 2 is 1.85 bits per heavy atom. The number of sulfonamides is 1. The van der Waals surface area contributed by atoms with Crippen LogP contribution in [0, 0.1) is 0 Å². The third-order valence-electron chi connectivity index (χ3n) is 3.23. The summed E-state index contributed by atoms with van der Waals surface area (Å²) in [7, 11) is -3.79. The molecule has 138 valence electrons. The van der Waals surface area contributed by atoms with Crippen LogP contribution in [0.1, 0.15) is 5.76 Å². The molecule has 0 radical (unpaired) electrons. The summed E-state index contributed by atoms with van der Waals surface area (Å²) in [6, 6.07) is 11.2. The van der Waals surface area contributed by atoms with Crippen molar-refractivity contribution in [3.05, 3.63) is 60.6 Å². The molecule has 9 nitrogen and oxygen atoms in total. The third-order valence-corrected chi connectivity index (χ3v) is 4.67. The van der Waals surface area contributed by atoms with Crippen molar-refractivity contribution in [1.82, 2.24) is 15.4 Å². The van der Waals surface area contributed by atoms with Gasteiger partial charge in [0.25, 0.3) is 10.0 Å². The number of thiocarbonyl (C=S) groups is 1. The van der Waals surface area contributed by atoms with Gasteiger partial charge < -0.3 is 10.2 Å². The molecule has 0 bridgehead atoms. The van der Waals surface area contributed by atoms with Gasteiger partial charge in [-0.15, -0.1) is 0 Å². The lowest BCUT2D eigenvalue weighted by molar-refractivity contribution is 0.574. The summed E-state index contributed by atoms with van der Waals surface area (Å²) in [6.07, 6.45) is 4.32. The van der Waals surface area contributed by atoms with Crippen molar-refractivity contribution in [2.24, 2.45) is 10.8 Å². The van der Waals surface area contributed by atoms with Gasteiger partial charge in [0, 0.05) is 18.0 Å². The van der Waals surface area contributed by atoms with Gasteiger partial charge in [-0.05, 0) is 54.7 Å². The standard InChI is InChI=1S/C16H14N6O3S2/c17-15(26)21-20-10-12-4-7-14(25-12)11-2-5-13(6-3-11)27(23,24)22-16-18-8-1-9-19-16/h1-10H,(H3,17,21,26)(H,18,19,22)/b20-10+. The Labute approximate surface area is 160 Å². The molecule has 0 spiro atoms. The molecule has 0 atom stereocenters. The maximum atomic E-state index is 12.4. The first-order valence-electron chi connectivity index (χ1n) is 7.53. The first-order valence-corrected chi connectivity index (χ1v) is 9.42. The van der Waals surface area contributed by atoms with Crippen molar-refractivity contribution >= 4 is 39.5 Å². The van der Waals surface area contributed by atoms with E-state index in [0.29, 0.717) is 17.1 Å². The zero-order chi connectivity index (χ0) is 19.3. The van der Waals surface area contributed by atoms with Gasteiger partial charge in [0.2, 0.25) is 5.95 Å². The summed E-state index contributed by atoms with van der Waals surface area (Å²) in [5.74, 6) is 1.03. The van der Waals surface area contributed by atoms with Crippen LogP contribution in [0.25, 0.3) is 11.3 Å². The Morgan fingerprint density at radius 1 is 1.15 bits per heavy atom. The number of furan rings is 1. The number of nitrogens with zero attached hydrogens (tertiary/aromatic N) is 3. The van der Waals surface area contributed by atoms with Gasteiger partial charge >= 0.3 is 0 Å². The van der Waals surface area contributed by atoms with Crippen LogP contribution in [-0.4, -0.2) is 29.7 Å². The van der Waals surface area contributed by atoms with Crippen LogP contribution in [0.3, 0.4) is 0 Å². The normalized spacial score (nSPS) is 11.4. The van der Waals surface area contributed by atoms with Crippen LogP contribution in [-0.2, 0) is 10.0 Å². The van der Waals surface area contributed by atoms with Gasteiger partial charge in [-0.1, -0.05) is 0 Å². The number of rotatable bonds is 6. The molecule has 0 fully saturated rings. The maximum Gasteiger partial charge on any atom is 0.264 e. The summed E-state index contributed by atoms with van der Waals surface area (Å²) >= 11 is 4.64. The molecule has 3 rings (SSSR count). The second-order valence-corrected chi connectivity index (χ2v) is 7.26. The summed E-state index contributed by atoms with van der Waals surface area (Å²) in [6.45, 7) is 0. The molecule has 4 N–H and O–H groups in total. The van der Waals surface area contributed by atoms with Crippen molar-refractivity contribution in [2.75, 3.05) is 4.72 Å². The molecule has 11 heteroatoms. The molecular weight excluding hydrogens is 388 g/mol. The minimum Gasteiger partial charge on any atom is -0.455 e. The van der Waals surface area contributed by atoms with Gasteiger partial charge in [-0.3, -0.25) is 5.43 Å². The highest BCUT2D eigenvalue weighted by atomic mass is 32.2. The van der Waals surface area contributed by atoms with E-state index in [1.165, 1.54) is 30.7 Å². The summed E-state index contributed by atoms with van der Waals surface area (Å²) in [4.78, 5) is 7.76. The van der Waals surface area contributed by atoms with Crippen molar-refractivity contribution in [2.45, 2.75) is 4.90 Å². The second-order valence-electron chi connectivity index (χ2n) is 5.14. The molecular formula is C16H14N6O3S2. The first-order chi connectivity index (χ1) is 12.9. The summed E-state index contributed by atoms with van der Waals surface area (Å²) < 4.78 is 32.7. The Balaban J connectivity index is 1.74. The van der Waals surface area contributed by atoms with E-state index in [4.69, 9.17) is 10.2 Å². The van der Waals surface area contributed by atoms with Crippen molar-refractivity contribution in [3.8, 4) is 11.3 Å². The molecule has 0 amide bonds. The highest BCUT2D eigenvalue weighted by Gasteiger charge is 2.16. The lowest BCUT2D eigenvalue weighted by atomic mass is 10.2. The van der Waals surface area contributed by atoms with Crippen LogP contribution in [0.2, 0.25) is 0 Å². The zero-order valence-corrected chi connectivity index (χ0v) is 15.4. The van der Waals surface area contributed by atoms with Crippen LogP contribution >= 0.6 is 12.2 Å².